The van der Waals surface area contributed by atoms with Crippen LogP contribution in [0.4, 0.5) is 0 Å². The molecule has 1 heterocycles. The maximum atomic E-state index is 5.06. The Labute approximate surface area is 125 Å². The van der Waals surface area contributed by atoms with Gasteiger partial charge < -0.3 is 15.4 Å². The summed E-state index contributed by atoms with van der Waals surface area (Å²) in [6, 6.07) is 0.222. The number of hydrogen-bond donors (Lipinski definition) is 2. The number of aromatic nitrogens is 2. The van der Waals surface area contributed by atoms with Crippen molar-refractivity contribution in [1.29, 1.82) is 0 Å². The molecule has 1 unspecified atom stereocenters. The zero-order valence-corrected chi connectivity index (χ0v) is 13.6. The van der Waals surface area contributed by atoms with Crippen molar-refractivity contribution in [3.05, 3.63) is 18.0 Å². The van der Waals surface area contributed by atoms with E-state index in [1.54, 1.807) is 18.8 Å². The molecule has 0 aliphatic heterocycles. The van der Waals surface area contributed by atoms with Crippen molar-refractivity contribution < 1.29 is 4.74 Å². The van der Waals surface area contributed by atoms with E-state index in [9.17, 15) is 0 Å². The van der Waals surface area contributed by atoms with Crippen LogP contribution in [-0.2, 0) is 18.3 Å². The second-order valence-corrected chi connectivity index (χ2v) is 3.95. The molecule has 6 nitrogen and oxygen atoms in total. The highest BCUT2D eigenvalue weighted by atomic mass is 127. The van der Waals surface area contributed by atoms with Gasteiger partial charge in [0.15, 0.2) is 5.96 Å². The molecule has 0 aliphatic carbocycles. The van der Waals surface area contributed by atoms with Crippen molar-refractivity contribution in [2.45, 2.75) is 19.5 Å². The largest absolute Gasteiger partial charge is 0.383 e. The fourth-order valence-corrected chi connectivity index (χ4v) is 1.47. The predicted molar refractivity (Wildman–Crippen MR) is 83.3 cm³/mol. The van der Waals surface area contributed by atoms with Gasteiger partial charge in [-0.05, 0) is 6.92 Å². The maximum absolute atomic E-state index is 5.06. The van der Waals surface area contributed by atoms with Gasteiger partial charge in [0.05, 0.1) is 12.8 Å². The Kier molecular flexibility index (Phi) is 8.73. The van der Waals surface area contributed by atoms with E-state index in [0.717, 1.165) is 11.5 Å². The van der Waals surface area contributed by atoms with Crippen LogP contribution in [0, 0.1) is 0 Å². The van der Waals surface area contributed by atoms with Crippen molar-refractivity contribution in [3.8, 4) is 0 Å². The molecule has 104 valence electrons. The first kappa shape index (κ1) is 17.2. The van der Waals surface area contributed by atoms with Crippen molar-refractivity contribution >= 4 is 29.9 Å². The van der Waals surface area contributed by atoms with E-state index in [2.05, 4.69) is 20.7 Å². The number of nitrogens with zero attached hydrogens (tertiary/aromatic N) is 3. The van der Waals surface area contributed by atoms with Crippen LogP contribution in [0.1, 0.15) is 12.5 Å². The molecule has 1 atom stereocenters. The zero-order chi connectivity index (χ0) is 12.7. The van der Waals surface area contributed by atoms with Crippen LogP contribution >= 0.6 is 24.0 Å². The Morgan fingerprint density at radius 2 is 2.33 bits per heavy atom. The summed E-state index contributed by atoms with van der Waals surface area (Å²) in [5.74, 6) is 0.762. The molecule has 0 bridgehead atoms. The summed E-state index contributed by atoms with van der Waals surface area (Å²) in [6.07, 6.45) is 3.80. The third-order valence-electron chi connectivity index (χ3n) is 2.24. The van der Waals surface area contributed by atoms with Gasteiger partial charge in [0.1, 0.15) is 0 Å². The van der Waals surface area contributed by atoms with Gasteiger partial charge in [0.2, 0.25) is 0 Å². The third-order valence-corrected chi connectivity index (χ3v) is 2.24. The number of aryl methyl sites for hydroxylation is 1. The SMILES string of the molecule is CN=C(NCc1cnn(C)c1)NC(C)COC.I. The summed E-state index contributed by atoms with van der Waals surface area (Å²) in [7, 11) is 5.33. The molecule has 18 heavy (non-hydrogen) atoms. The molecule has 0 aliphatic rings. The Bertz CT molecular complexity index is 366. The Morgan fingerprint density at radius 3 is 2.83 bits per heavy atom. The monoisotopic (exact) mass is 367 g/mol. The van der Waals surface area contributed by atoms with Crippen LogP contribution in [0.5, 0.6) is 0 Å². The Balaban J connectivity index is 0.00000289. The second-order valence-electron chi connectivity index (χ2n) is 3.95. The summed E-state index contributed by atoms with van der Waals surface area (Å²) in [5.41, 5.74) is 1.12. The van der Waals surface area contributed by atoms with Gasteiger partial charge in [-0.1, -0.05) is 0 Å². The van der Waals surface area contributed by atoms with Crippen molar-refractivity contribution in [2.75, 3.05) is 20.8 Å². The molecule has 0 radical (unpaired) electrons. The molecule has 1 aromatic heterocycles. The van der Waals surface area contributed by atoms with Crippen LogP contribution in [0.15, 0.2) is 17.4 Å². The average Bonchev–Trinajstić information content (AvgIpc) is 2.70. The van der Waals surface area contributed by atoms with E-state index in [1.807, 2.05) is 26.4 Å². The molecule has 0 saturated heterocycles. The van der Waals surface area contributed by atoms with Crippen LogP contribution in [0.3, 0.4) is 0 Å². The molecule has 0 fully saturated rings. The molecule has 2 N–H and O–H groups in total. The summed E-state index contributed by atoms with van der Waals surface area (Å²) >= 11 is 0. The van der Waals surface area contributed by atoms with Crippen molar-refractivity contribution in [2.24, 2.45) is 12.0 Å². The topological polar surface area (TPSA) is 63.5 Å². The highest BCUT2D eigenvalue weighted by Crippen LogP contribution is 1.94. The van der Waals surface area contributed by atoms with Gasteiger partial charge in [0.25, 0.3) is 0 Å². The number of rotatable bonds is 5. The number of guanidine groups is 1. The first-order valence-electron chi connectivity index (χ1n) is 5.59. The number of ether oxygens (including phenoxy) is 1. The minimum absolute atomic E-state index is 0. The molecule has 7 heteroatoms. The fourth-order valence-electron chi connectivity index (χ4n) is 1.47. The number of methoxy groups -OCH3 is 1. The molecule has 0 aromatic carbocycles. The van der Waals surface area contributed by atoms with E-state index in [4.69, 9.17) is 4.74 Å². The summed E-state index contributed by atoms with van der Waals surface area (Å²) in [6.45, 7) is 3.39. The van der Waals surface area contributed by atoms with E-state index in [1.165, 1.54) is 0 Å². The molecule has 0 saturated carbocycles. The average molecular weight is 367 g/mol. The lowest BCUT2D eigenvalue weighted by molar-refractivity contribution is 0.179. The summed E-state index contributed by atoms with van der Waals surface area (Å²) in [5, 5.41) is 10.6. The molecular formula is C11H22IN5O. The third kappa shape index (κ3) is 6.20. The number of nitrogens with one attached hydrogen (secondary N) is 2. The van der Waals surface area contributed by atoms with E-state index < -0.39 is 0 Å². The minimum atomic E-state index is 0. The van der Waals surface area contributed by atoms with Gasteiger partial charge in [-0.15, -0.1) is 24.0 Å². The lowest BCUT2D eigenvalue weighted by Gasteiger charge is -2.16. The van der Waals surface area contributed by atoms with E-state index >= 15 is 0 Å². The van der Waals surface area contributed by atoms with Gasteiger partial charge in [-0.2, -0.15) is 5.10 Å². The second kappa shape index (κ2) is 9.15. The van der Waals surface area contributed by atoms with Gasteiger partial charge in [0, 0.05) is 45.6 Å². The standard InChI is InChI=1S/C11H21N5O.HI/c1-9(8-17-4)15-11(12-2)13-5-10-6-14-16(3)7-10;/h6-7,9H,5,8H2,1-4H3,(H2,12,13,15);1H. The summed E-state index contributed by atoms with van der Waals surface area (Å²) < 4.78 is 6.84. The normalized spacial score (nSPS) is 12.8. The predicted octanol–water partition coefficient (Wildman–Crippen LogP) is 0.738. The molecule has 0 amide bonds. The summed E-state index contributed by atoms with van der Waals surface area (Å²) in [4.78, 5) is 4.14. The Morgan fingerprint density at radius 1 is 1.61 bits per heavy atom. The Hall–Kier alpha value is -0.830. The molecule has 0 spiro atoms. The molecule has 1 rings (SSSR count). The number of halogens is 1. The van der Waals surface area contributed by atoms with E-state index in [-0.39, 0.29) is 30.0 Å². The van der Waals surface area contributed by atoms with Crippen LogP contribution < -0.4 is 10.6 Å². The van der Waals surface area contributed by atoms with Crippen LogP contribution in [0.2, 0.25) is 0 Å². The molecular weight excluding hydrogens is 345 g/mol. The lowest BCUT2D eigenvalue weighted by Crippen LogP contribution is -2.43. The van der Waals surface area contributed by atoms with Crippen molar-refractivity contribution in [3.63, 3.8) is 0 Å². The maximum Gasteiger partial charge on any atom is 0.191 e. The first-order chi connectivity index (χ1) is 8.15. The highest BCUT2D eigenvalue weighted by molar-refractivity contribution is 14.0. The van der Waals surface area contributed by atoms with Gasteiger partial charge >= 0.3 is 0 Å². The minimum Gasteiger partial charge on any atom is -0.383 e. The molecule has 1 aromatic rings. The highest BCUT2D eigenvalue weighted by Gasteiger charge is 2.04. The van der Waals surface area contributed by atoms with Gasteiger partial charge in [-0.25, -0.2) is 0 Å². The zero-order valence-electron chi connectivity index (χ0n) is 11.3. The lowest BCUT2D eigenvalue weighted by atomic mass is 10.3. The van der Waals surface area contributed by atoms with Crippen LogP contribution in [-0.4, -0.2) is 42.5 Å². The number of hydrogen-bond acceptors (Lipinski definition) is 3. The van der Waals surface area contributed by atoms with E-state index in [0.29, 0.717) is 13.2 Å². The number of aliphatic imine (C=N–C) groups is 1. The smallest absolute Gasteiger partial charge is 0.191 e. The van der Waals surface area contributed by atoms with Crippen LogP contribution in [0.25, 0.3) is 0 Å². The van der Waals surface area contributed by atoms with Crippen molar-refractivity contribution in [1.82, 2.24) is 20.4 Å². The van der Waals surface area contributed by atoms with Gasteiger partial charge in [-0.3, -0.25) is 9.67 Å². The quantitative estimate of drug-likeness (QED) is 0.458. The fraction of sp³-hybridized carbons (Fsp3) is 0.636. The first-order valence-corrected chi connectivity index (χ1v) is 5.59.